The van der Waals surface area contributed by atoms with Crippen LogP contribution in [0.3, 0.4) is 0 Å². The van der Waals surface area contributed by atoms with Crippen LogP contribution in [0.25, 0.3) is 0 Å². The number of carbonyl (C=O) groups excluding carboxylic acids is 3. The zero-order valence-corrected chi connectivity index (χ0v) is 18.8. The van der Waals surface area contributed by atoms with Crippen molar-refractivity contribution in [3.05, 3.63) is 83.4 Å². The number of amides is 3. The number of nitrogens with zero attached hydrogens (tertiary/aromatic N) is 1. The first-order valence-electron chi connectivity index (χ1n) is 11.0. The van der Waals surface area contributed by atoms with Gasteiger partial charge in [-0.15, -0.1) is 6.58 Å². The Labute approximate surface area is 189 Å². The zero-order valence-electron chi connectivity index (χ0n) is 18.8. The summed E-state index contributed by atoms with van der Waals surface area (Å²) in [6.45, 7) is 8.95. The van der Waals surface area contributed by atoms with Gasteiger partial charge in [0.25, 0.3) is 11.8 Å². The summed E-state index contributed by atoms with van der Waals surface area (Å²) in [6.07, 6.45) is 2.89. The van der Waals surface area contributed by atoms with Gasteiger partial charge in [0, 0.05) is 30.8 Å². The van der Waals surface area contributed by atoms with Crippen LogP contribution in [0.15, 0.2) is 61.2 Å². The fourth-order valence-electron chi connectivity index (χ4n) is 4.09. The first-order chi connectivity index (χ1) is 15.4. The van der Waals surface area contributed by atoms with E-state index in [2.05, 4.69) is 17.2 Å². The van der Waals surface area contributed by atoms with Crippen LogP contribution < -0.4 is 10.6 Å². The van der Waals surface area contributed by atoms with Crippen LogP contribution in [-0.4, -0.2) is 48.3 Å². The Morgan fingerprint density at radius 2 is 1.62 bits per heavy atom. The summed E-state index contributed by atoms with van der Waals surface area (Å²) in [6, 6.07) is 14.2. The van der Waals surface area contributed by atoms with E-state index in [0.717, 1.165) is 11.1 Å². The van der Waals surface area contributed by atoms with Crippen LogP contribution >= 0.6 is 0 Å². The molecule has 1 fully saturated rings. The number of hydrogen-bond donors (Lipinski definition) is 2. The molecule has 1 saturated heterocycles. The molecule has 2 aromatic carbocycles. The molecule has 0 spiro atoms. The Morgan fingerprint density at radius 3 is 2.22 bits per heavy atom. The van der Waals surface area contributed by atoms with Gasteiger partial charge in [-0.05, 0) is 56.9 Å². The third kappa shape index (κ3) is 5.84. The Bertz CT molecular complexity index is 993. The van der Waals surface area contributed by atoms with Crippen LogP contribution in [0.4, 0.5) is 0 Å². The van der Waals surface area contributed by atoms with E-state index in [0.29, 0.717) is 43.6 Å². The lowest BCUT2D eigenvalue weighted by molar-refractivity contribution is -0.124. The molecule has 0 saturated carbocycles. The molecule has 6 nitrogen and oxygen atoms in total. The first kappa shape index (κ1) is 23.3. The molecule has 0 unspecified atom stereocenters. The molecule has 1 atom stereocenters. The van der Waals surface area contributed by atoms with Gasteiger partial charge in [-0.25, -0.2) is 0 Å². The minimum Gasteiger partial charge on any atom is -0.351 e. The number of carbonyl (C=O) groups is 3. The number of benzene rings is 2. The number of nitrogens with one attached hydrogen (secondary N) is 2. The predicted molar refractivity (Wildman–Crippen MR) is 125 cm³/mol. The molecule has 6 heteroatoms. The van der Waals surface area contributed by atoms with E-state index in [1.807, 2.05) is 55.1 Å². The van der Waals surface area contributed by atoms with Crippen LogP contribution in [-0.2, 0) is 4.79 Å². The number of likely N-dealkylation sites (tertiary alicyclic amines) is 1. The second kappa shape index (κ2) is 10.8. The predicted octanol–water partition coefficient (Wildman–Crippen LogP) is 3.26. The van der Waals surface area contributed by atoms with Crippen molar-refractivity contribution in [1.82, 2.24) is 15.5 Å². The maximum Gasteiger partial charge on any atom is 0.253 e. The summed E-state index contributed by atoms with van der Waals surface area (Å²) >= 11 is 0. The van der Waals surface area contributed by atoms with Crippen molar-refractivity contribution in [1.29, 1.82) is 0 Å². The summed E-state index contributed by atoms with van der Waals surface area (Å²) in [7, 11) is 0. The zero-order chi connectivity index (χ0) is 23.1. The molecule has 32 heavy (non-hydrogen) atoms. The van der Waals surface area contributed by atoms with Gasteiger partial charge in [-0.2, -0.15) is 0 Å². The lowest BCUT2D eigenvalue weighted by Gasteiger charge is -2.36. The first-order valence-corrected chi connectivity index (χ1v) is 11.0. The Kier molecular flexibility index (Phi) is 7.82. The standard InChI is InChI=1S/C26H31N3O3/c1-4-13-27-25(31)23(28-24(30)21-9-5-7-18(2)16-21)20-11-14-29(15-12-20)26(32)22-10-6-8-19(3)17-22/h4-10,16-17,20,23H,1,11-15H2,2-3H3,(H,27,31)(H,28,30)/t23-/m1/s1. The summed E-state index contributed by atoms with van der Waals surface area (Å²) in [5.41, 5.74) is 3.23. The van der Waals surface area contributed by atoms with E-state index in [-0.39, 0.29) is 23.6 Å². The van der Waals surface area contributed by atoms with Crippen molar-refractivity contribution in [2.24, 2.45) is 5.92 Å². The maximum atomic E-state index is 12.9. The highest BCUT2D eigenvalue weighted by Crippen LogP contribution is 2.23. The highest BCUT2D eigenvalue weighted by molar-refractivity contribution is 5.98. The molecule has 0 aromatic heterocycles. The maximum absolute atomic E-state index is 12.9. The highest BCUT2D eigenvalue weighted by Gasteiger charge is 2.34. The summed E-state index contributed by atoms with van der Waals surface area (Å²) in [5, 5.41) is 5.75. The molecule has 2 N–H and O–H groups in total. The molecule has 0 bridgehead atoms. The molecule has 1 aliphatic rings. The number of hydrogen-bond acceptors (Lipinski definition) is 3. The number of aryl methyl sites for hydroxylation is 2. The lowest BCUT2D eigenvalue weighted by atomic mass is 9.88. The van der Waals surface area contributed by atoms with E-state index in [9.17, 15) is 14.4 Å². The van der Waals surface area contributed by atoms with Crippen LogP contribution in [0.5, 0.6) is 0 Å². The molecule has 3 rings (SSSR count). The van der Waals surface area contributed by atoms with Crippen molar-refractivity contribution >= 4 is 17.7 Å². The Hall–Kier alpha value is -3.41. The van der Waals surface area contributed by atoms with E-state index < -0.39 is 6.04 Å². The SMILES string of the molecule is C=CCNC(=O)[C@H](NC(=O)c1cccc(C)c1)C1CCN(C(=O)c2cccc(C)c2)CC1. The molecule has 3 amide bonds. The van der Waals surface area contributed by atoms with E-state index >= 15 is 0 Å². The van der Waals surface area contributed by atoms with Gasteiger partial charge in [0.2, 0.25) is 5.91 Å². The molecule has 2 aromatic rings. The van der Waals surface area contributed by atoms with Crippen LogP contribution in [0.2, 0.25) is 0 Å². The largest absolute Gasteiger partial charge is 0.351 e. The summed E-state index contributed by atoms with van der Waals surface area (Å²) in [5.74, 6) is -0.557. The molecular formula is C26H31N3O3. The molecule has 0 radical (unpaired) electrons. The van der Waals surface area contributed by atoms with Crippen LogP contribution in [0, 0.1) is 19.8 Å². The third-order valence-corrected chi connectivity index (χ3v) is 5.83. The number of piperidine rings is 1. The summed E-state index contributed by atoms with van der Waals surface area (Å²) in [4.78, 5) is 40.4. The van der Waals surface area contributed by atoms with Gasteiger partial charge in [0.1, 0.15) is 6.04 Å². The molecule has 168 valence electrons. The van der Waals surface area contributed by atoms with E-state index in [4.69, 9.17) is 0 Å². The topological polar surface area (TPSA) is 78.5 Å². The van der Waals surface area contributed by atoms with Crippen molar-refractivity contribution in [3.63, 3.8) is 0 Å². The van der Waals surface area contributed by atoms with Crippen molar-refractivity contribution in [2.75, 3.05) is 19.6 Å². The smallest absolute Gasteiger partial charge is 0.253 e. The van der Waals surface area contributed by atoms with Gasteiger partial charge >= 0.3 is 0 Å². The minimum atomic E-state index is -0.667. The molecule has 0 aliphatic carbocycles. The average Bonchev–Trinajstić information content (AvgIpc) is 2.80. The lowest BCUT2D eigenvalue weighted by Crippen LogP contribution is -2.53. The summed E-state index contributed by atoms with van der Waals surface area (Å²) < 4.78 is 0. The van der Waals surface area contributed by atoms with E-state index in [1.54, 1.807) is 18.2 Å². The van der Waals surface area contributed by atoms with Gasteiger partial charge in [0.05, 0.1) is 0 Å². The van der Waals surface area contributed by atoms with Gasteiger partial charge in [-0.3, -0.25) is 14.4 Å². The molecule has 1 heterocycles. The second-order valence-corrected chi connectivity index (χ2v) is 8.35. The quantitative estimate of drug-likeness (QED) is 0.658. The van der Waals surface area contributed by atoms with E-state index in [1.165, 1.54) is 0 Å². The average molecular weight is 434 g/mol. The van der Waals surface area contributed by atoms with Crippen molar-refractivity contribution in [2.45, 2.75) is 32.7 Å². The molecule has 1 aliphatic heterocycles. The van der Waals surface area contributed by atoms with Gasteiger partial charge < -0.3 is 15.5 Å². The van der Waals surface area contributed by atoms with Crippen LogP contribution in [0.1, 0.15) is 44.7 Å². The minimum absolute atomic E-state index is 0.00334. The monoisotopic (exact) mass is 433 g/mol. The Morgan fingerprint density at radius 1 is 1.03 bits per heavy atom. The van der Waals surface area contributed by atoms with Crippen molar-refractivity contribution in [3.8, 4) is 0 Å². The van der Waals surface area contributed by atoms with Gasteiger partial charge in [-0.1, -0.05) is 41.5 Å². The normalized spacial score (nSPS) is 15.0. The second-order valence-electron chi connectivity index (χ2n) is 8.35. The fourth-order valence-corrected chi connectivity index (χ4v) is 4.09. The third-order valence-electron chi connectivity index (χ3n) is 5.83. The fraction of sp³-hybridized carbons (Fsp3) is 0.346. The highest BCUT2D eigenvalue weighted by atomic mass is 16.2. The molecular weight excluding hydrogens is 402 g/mol. The van der Waals surface area contributed by atoms with Gasteiger partial charge in [0.15, 0.2) is 0 Å². The van der Waals surface area contributed by atoms with Crippen molar-refractivity contribution < 1.29 is 14.4 Å². The number of rotatable bonds is 7. The Balaban J connectivity index is 1.69.